The minimum absolute atomic E-state index is 0.588. The molecule has 0 heterocycles. The maximum absolute atomic E-state index is 5.46. The monoisotopic (exact) mass is 352 g/mol. The number of hydrogen-bond acceptors (Lipinski definition) is 4. The molecular formula is C17H22O4P2. The number of methoxy groups -OCH3 is 4. The van der Waals surface area contributed by atoms with Gasteiger partial charge in [-0.05, 0) is 30.2 Å². The summed E-state index contributed by atoms with van der Waals surface area (Å²) in [4.78, 5) is 0. The van der Waals surface area contributed by atoms with Gasteiger partial charge >= 0.3 is 0 Å². The van der Waals surface area contributed by atoms with Gasteiger partial charge in [0.05, 0.1) is 39.0 Å². The van der Waals surface area contributed by atoms with Crippen molar-refractivity contribution in [3.05, 3.63) is 36.4 Å². The SMILES string of the molecule is COc1cccc(OC)c1PCPc1c(OC)cccc1OC. The fourth-order valence-electron chi connectivity index (χ4n) is 2.27. The van der Waals surface area contributed by atoms with Crippen LogP contribution in [0.15, 0.2) is 36.4 Å². The molecule has 0 aromatic heterocycles. The quantitative estimate of drug-likeness (QED) is 0.685. The molecular weight excluding hydrogens is 330 g/mol. The molecule has 2 rings (SSSR count). The lowest BCUT2D eigenvalue weighted by molar-refractivity contribution is 0.401. The molecule has 2 atom stereocenters. The normalized spacial score (nSPS) is 11.3. The van der Waals surface area contributed by atoms with Crippen LogP contribution in [0.2, 0.25) is 0 Å². The third-order valence-corrected chi connectivity index (χ3v) is 6.49. The first-order valence-corrected chi connectivity index (χ1v) is 9.56. The van der Waals surface area contributed by atoms with Crippen molar-refractivity contribution in [3.8, 4) is 23.0 Å². The molecule has 0 aliphatic heterocycles. The van der Waals surface area contributed by atoms with Crippen molar-refractivity contribution in [2.24, 2.45) is 0 Å². The highest BCUT2D eigenvalue weighted by Crippen LogP contribution is 2.35. The smallest absolute Gasteiger partial charge is 0.129 e. The molecule has 124 valence electrons. The van der Waals surface area contributed by atoms with E-state index in [9.17, 15) is 0 Å². The van der Waals surface area contributed by atoms with E-state index in [2.05, 4.69) is 0 Å². The Labute approximate surface area is 141 Å². The van der Waals surface area contributed by atoms with Crippen molar-refractivity contribution in [2.45, 2.75) is 0 Å². The zero-order valence-corrected chi connectivity index (χ0v) is 15.8. The highest BCUT2D eigenvalue weighted by Gasteiger charge is 2.13. The third kappa shape index (κ3) is 4.28. The molecule has 23 heavy (non-hydrogen) atoms. The van der Waals surface area contributed by atoms with Gasteiger partial charge < -0.3 is 18.9 Å². The molecule has 0 bridgehead atoms. The molecule has 0 amide bonds. The van der Waals surface area contributed by atoms with Crippen LogP contribution in [-0.2, 0) is 0 Å². The van der Waals surface area contributed by atoms with Gasteiger partial charge in [-0.2, -0.15) is 0 Å². The Morgan fingerprint density at radius 1 is 0.609 bits per heavy atom. The number of hydrogen-bond donors (Lipinski definition) is 0. The van der Waals surface area contributed by atoms with Crippen LogP contribution in [0.4, 0.5) is 0 Å². The van der Waals surface area contributed by atoms with Crippen LogP contribution < -0.4 is 29.6 Å². The van der Waals surface area contributed by atoms with Crippen LogP contribution in [0.5, 0.6) is 23.0 Å². The molecule has 0 saturated heterocycles. The van der Waals surface area contributed by atoms with Gasteiger partial charge in [-0.15, -0.1) is 0 Å². The lowest BCUT2D eigenvalue weighted by atomic mass is 10.3. The molecule has 4 nitrogen and oxygen atoms in total. The van der Waals surface area contributed by atoms with Crippen LogP contribution >= 0.6 is 17.2 Å². The van der Waals surface area contributed by atoms with Gasteiger partial charge in [0.2, 0.25) is 0 Å². The van der Waals surface area contributed by atoms with Crippen molar-refractivity contribution in [1.82, 2.24) is 0 Å². The predicted octanol–water partition coefficient (Wildman–Crippen LogP) is 2.99. The van der Waals surface area contributed by atoms with E-state index in [-0.39, 0.29) is 0 Å². The van der Waals surface area contributed by atoms with Crippen LogP contribution in [0, 0.1) is 0 Å². The second kappa shape index (κ2) is 8.96. The summed E-state index contributed by atoms with van der Waals surface area (Å²) in [6, 6.07) is 11.8. The first kappa shape index (κ1) is 17.8. The van der Waals surface area contributed by atoms with Crippen LogP contribution in [-0.4, -0.2) is 34.3 Å². The van der Waals surface area contributed by atoms with E-state index in [4.69, 9.17) is 18.9 Å². The van der Waals surface area contributed by atoms with Gasteiger partial charge in [0.1, 0.15) is 23.0 Å². The number of ether oxygens (including phenoxy) is 4. The second-order valence-corrected chi connectivity index (χ2v) is 7.73. The molecule has 0 N–H and O–H groups in total. The van der Waals surface area contributed by atoms with Crippen LogP contribution in [0.3, 0.4) is 0 Å². The lowest BCUT2D eigenvalue weighted by Gasteiger charge is -2.15. The van der Waals surface area contributed by atoms with Crippen molar-refractivity contribution in [1.29, 1.82) is 0 Å². The average Bonchev–Trinajstić information content (AvgIpc) is 2.61. The van der Waals surface area contributed by atoms with E-state index in [1.54, 1.807) is 28.4 Å². The molecule has 0 radical (unpaired) electrons. The van der Waals surface area contributed by atoms with Crippen LogP contribution in [0.25, 0.3) is 0 Å². The van der Waals surface area contributed by atoms with Gasteiger partial charge in [-0.25, -0.2) is 0 Å². The average molecular weight is 352 g/mol. The molecule has 6 heteroatoms. The fourth-order valence-corrected chi connectivity index (χ4v) is 5.48. The molecule has 0 aliphatic rings. The number of rotatable bonds is 8. The molecule has 0 fully saturated rings. The first-order valence-electron chi connectivity index (χ1n) is 7.14. The van der Waals surface area contributed by atoms with Crippen LogP contribution in [0.1, 0.15) is 0 Å². The van der Waals surface area contributed by atoms with E-state index < -0.39 is 0 Å². The fraction of sp³-hybridized carbons (Fsp3) is 0.294. The summed E-state index contributed by atoms with van der Waals surface area (Å²) in [7, 11) is 7.93. The summed E-state index contributed by atoms with van der Waals surface area (Å²) in [6.07, 6.45) is 0. The summed E-state index contributed by atoms with van der Waals surface area (Å²) in [5, 5.41) is 2.25. The predicted molar refractivity (Wildman–Crippen MR) is 99.9 cm³/mol. The van der Waals surface area contributed by atoms with Gasteiger partial charge in [0, 0.05) is 0 Å². The first-order chi connectivity index (χ1) is 11.2. The molecule has 0 aliphatic carbocycles. The maximum Gasteiger partial charge on any atom is 0.129 e. The van der Waals surface area contributed by atoms with Crippen molar-refractivity contribution < 1.29 is 18.9 Å². The Bertz CT molecular complexity index is 546. The summed E-state index contributed by atoms with van der Waals surface area (Å²) in [5.41, 5.74) is 0. The zero-order chi connectivity index (χ0) is 16.7. The molecule has 0 spiro atoms. The minimum Gasteiger partial charge on any atom is -0.496 e. The van der Waals surface area contributed by atoms with Gasteiger partial charge in [0.25, 0.3) is 0 Å². The Balaban J connectivity index is 2.15. The Hall–Kier alpha value is -1.50. The van der Waals surface area contributed by atoms with Gasteiger partial charge in [0.15, 0.2) is 0 Å². The molecule has 0 saturated carbocycles. The Kier molecular flexibility index (Phi) is 6.95. The summed E-state index contributed by atoms with van der Waals surface area (Å²) >= 11 is 0. The van der Waals surface area contributed by atoms with Gasteiger partial charge in [-0.1, -0.05) is 29.3 Å². The van der Waals surface area contributed by atoms with E-state index in [1.165, 1.54) is 0 Å². The van der Waals surface area contributed by atoms with Crippen molar-refractivity contribution in [2.75, 3.05) is 34.3 Å². The lowest BCUT2D eigenvalue weighted by Crippen LogP contribution is -2.08. The highest BCUT2D eigenvalue weighted by molar-refractivity contribution is 7.64. The topological polar surface area (TPSA) is 36.9 Å². The summed E-state index contributed by atoms with van der Waals surface area (Å²) < 4.78 is 21.8. The molecule has 2 aromatic rings. The highest BCUT2D eigenvalue weighted by atomic mass is 31.1. The van der Waals surface area contributed by atoms with E-state index >= 15 is 0 Å². The van der Waals surface area contributed by atoms with Gasteiger partial charge in [-0.3, -0.25) is 0 Å². The van der Waals surface area contributed by atoms with E-state index in [0.29, 0.717) is 17.2 Å². The maximum atomic E-state index is 5.46. The third-order valence-electron chi connectivity index (χ3n) is 3.39. The zero-order valence-electron chi connectivity index (χ0n) is 13.8. The van der Waals surface area contributed by atoms with Crippen molar-refractivity contribution in [3.63, 3.8) is 0 Å². The summed E-state index contributed by atoms with van der Waals surface area (Å²) in [6.45, 7) is 0. The largest absolute Gasteiger partial charge is 0.496 e. The van der Waals surface area contributed by atoms with Crippen molar-refractivity contribution >= 4 is 27.8 Å². The summed E-state index contributed by atoms with van der Waals surface area (Å²) in [5.74, 6) is 4.49. The minimum atomic E-state index is 0.588. The second-order valence-electron chi connectivity index (χ2n) is 4.61. The van der Waals surface area contributed by atoms with E-state index in [0.717, 1.165) is 39.5 Å². The standard InChI is InChI=1S/C17H22O4P2/c1-18-12-7-5-8-13(19-2)16(12)22-11-23-17-14(20-3)9-6-10-15(17)21-4/h5-10,22-23H,11H2,1-4H3. The Morgan fingerprint density at radius 3 is 1.17 bits per heavy atom. The molecule has 2 unspecified atom stereocenters. The number of benzene rings is 2. The molecule has 2 aromatic carbocycles. The Morgan fingerprint density at radius 2 is 0.913 bits per heavy atom. The van der Waals surface area contributed by atoms with E-state index in [1.807, 2.05) is 36.4 Å².